The minimum absolute atomic E-state index is 0.00333. The normalized spacial score (nSPS) is 19.8. The molecule has 1 fully saturated rings. The van der Waals surface area contributed by atoms with E-state index in [9.17, 15) is 18.0 Å². The highest BCUT2D eigenvalue weighted by Crippen LogP contribution is 2.32. The molecular weight excluding hydrogens is 395 g/mol. The van der Waals surface area contributed by atoms with Crippen LogP contribution < -0.4 is 0 Å². The fourth-order valence-electron chi connectivity index (χ4n) is 3.26. The monoisotopic (exact) mass is 413 g/mol. The van der Waals surface area contributed by atoms with Crippen molar-refractivity contribution in [1.29, 1.82) is 0 Å². The smallest absolute Gasteiger partial charge is 0.371 e. The van der Waals surface area contributed by atoms with Crippen molar-refractivity contribution in [3.63, 3.8) is 0 Å². The van der Waals surface area contributed by atoms with E-state index in [4.69, 9.17) is 16.3 Å². The number of rotatable bonds is 6. The number of benzene rings is 1. The fraction of sp³-hybridized carbons (Fsp3) is 0.368. The second-order valence-electron chi connectivity index (χ2n) is 6.63. The third kappa shape index (κ3) is 4.94. The van der Waals surface area contributed by atoms with E-state index in [1.165, 1.54) is 12.1 Å². The van der Waals surface area contributed by atoms with Gasteiger partial charge in [-0.25, -0.2) is 0 Å². The highest BCUT2D eigenvalue weighted by molar-refractivity contribution is 6.30. The third-order valence-corrected chi connectivity index (χ3v) is 4.82. The first-order valence-corrected chi connectivity index (χ1v) is 9.01. The van der Waals surface area contributed by atoms with Crippen molar-refractivity contribution in [2.45, 2.75) is 25.4 Å². The number of ether oxygens (including phenoxy) is 1. The van der Waals surface area contributed by atoms with Crippen LogP contribution in [0.2, 0.25) is 5.02 Å². The van der Waals surface area contributed by atoms with Crippen molar-refractivity contribution in [2.24, 2.45) is 5.92 Å². The van der Waals surface area contributed by atoms with Gasteiger partial charge in [0.1, 0.15) is 0 Å². The Labute approximate surface area is 165 Å². The Morgan fingerprint density at radius 1 is 1.36 bits per heavy atom. The number of alkyl halides is 3. The van der Waals surface area contributed by atoms with E-state index in [1.807, 2.05) is 6.20 Å². The van der Waals surface area contributed by atoms with Gasteiger partial charge in [-0.2, -0.15) is 18.3 Å². The molecule has 0 bridgehead atoms. The molecule has 1 aliphatic heterocycles. The number of carbonyl (C=O) groups is 1. The van der Waals surface area contributed by atoms with Gasteiger partial charge in [-0.05, 0) is 35.9 Å². The fourth-order valence-corrected chi connectivity index (χ4v) is 3.52. The highest BCUT2D eigenvalue weighted by atomic mass is 35.5. The molecule has 3 rings (SSSR count). The number of carbonyl (C=O) groups excluding carboxylic acids is 1. The van der Waals surface area contributed by atoms with Crippen molar-refractivity contribution < 1.29 is 22.7 Å². The van der Waals surface area contributed by atoms with Crippen LogP contribution in [0, 0.1) is 5.92 Å². The number of hydrogen-bond donors (Lipinski definition) is 0. The molecule has 5 nitrogen and oxygen atoms in total. The summed E-state index contributed by atoms with van der Waals surface area (Å²) >= 11 is 5.83. The average Bonchev–Trinajstić information content (AvgIpc) is 3.28. The topological polar surface area (TPSA) is 47.4 Å². The van der Waals surface area contributed by atoms with Gasteiger partial charge < -0.3 is 9.64 Å². The minimum Gasteiger partial charge on any atom is -0.371 e. The van der Waals surface area contributed by atoms with Crippen LogP contribution in [-0.2, 0) is 28.9 Å². The predicted molar refractivity (Wildman–Crippen MR) is 97.5 cm³/mol. The summed E-state index contributed by atoms with van der Waals surface area (Å²) in [5.74, 6) is -0.260. The molecular formula is C19H19ClF3N3O2. The zero-order chi connectivity index (χ0) is 20.3. The van der Waals surface area contributed by atoms with Crippen LogP contribution in [0.4, 0.5) is 13.2 Å². The summed E-state index contributed by atoms with van der Waals surface area (Å²) in [5.41, 5.74) is -0.493. The van der Waals surface area contributed by atoms with Crippen LogP contribution in [0.1, 0.15) is 11.1 Å². The Hall–Kier alpha value is -2.32. The van der Waals surface area contributed by atoms with Gasteiger partial charge in [0.15, 0.2) is 0 Å². The molecule has 1 aliphatic rings. The lowest BCUT2D eigenvalue weighted by atomic mass is 10.1. The summed E-state index contributed by atoms with van der Waals surface area (Å²) in [5, 5.41) is 4.16. The molecule has 1 aromatic heterocycles. The first kappa shape index (κ1) is 20.4. The number of nitrogens with zero attached hydrogens (tertiary/aromatic N) is 3. The molecule has 0 spiro atoms. The Bertz CT molecular complexity index is 839. The molecule has 2 heterocycles. The standard InChI is InChI=1S/C19H19ClF3N3O2/c1-2-18(27)25-9-14(10-26-5-3-4-24-26)17(11-25)28-12-13-6-15(19(21,22)23)8-16(20)7-13/h2-8,14,17H,1,9-12H2/t14-,17+/m0/s1. The van der Waals surface area contributed by atoms with E-state index < -0.39 is 11.7 Å². The molecule has 9 heteroatoms. The van der Waals surface area contributed by atoms with Crippen molar-refractivity contribution in [2.75, 3.05) is 13.1 Å². The van der Waals surface area contributed by atoms with E-state index in [0.29, 0.717) is 25.2 Å². The molecule has 2 aromatic rings. The maximum atomic E-state index is 13.0. The van der Waals surface area contributed by atoms with E-state index >= 15 is 0 Å². The molecule has 0 radical (unpaired) electrons. The summed E-state index contributed by atoms with van der Waals surface area (Å²) in [6.07, 6.45) is -0.131. The SMILES string of the molecule is C=CC(=O)N1C[C@@H](Cn2cccn2)[C@H](OCc2cc(Cl)cc(C(F)(F)F)c2)C1. The summed E-state index contributed by atoms with van der Waals surface area (Å²) < 4.78 is 46.6. The number of likely N-dealkylation sites (tertiary alicyclic amines) is 1. The van der Waals surface area contributed by atoms with Crippen molar-refractivity contribution in [1.82, 2.24) is 14.7 Å². The van der Waals surface area contributed by atoms with E-state index in [2.05, 4.69) is 11.7 Å². The maximum Gasteiger partial charge on any atom is 0.416 e. The van der Waals surface area contributed by atoms with Gasteiger partial charge in [0.25, 0.3) is 0 Å². The number of amides is 1. The zero-order valence-electron chi connectivity index (χ0n) is 14.9. The zero-order valence-corrected chi connectivity index (χ0v) is 15.7. The number of halogens is 4. The first-order chi connectivity index (χ1) is 13.3. The minimum atomic E-state index is -4.48. The lowest BCUT2D eigenvalue weighted by molar-refractivity contribution is -0.137. The number of hydrogen-bond acceptors (Lipinski definition) is 3. The highest BCUT2D eigenvalue weighted by Gasteiger charge is 2.36. The molecule has 0 aliphatic carbocycles. The molecule has 1 aromatic carbocycles. The summed E-state index contributed by atoms with van der Waals surface area (Å²) in [6.45, 7) is 4.78. The third-order valence-electron chi connectivity index (χ3n) is 4.60. The summed E-state index contributed by atoms with van der Waals surface area (Å²) in [7, 11) is 0. The van der Waals surface area contributed by atoms with Crippen molar-refractivity contribution >= 4 is 17.5 Å². The lowest BCUT2D eigenvalue weighted by Crippen LogP contribution is -2.28. The summed E-state index contributed by atoms with van der Waals surface area (Å²) in [4.78, 5) is 13.6. The molecule has 1 amide bonds. The Morgan fingerprint density at radius 3 is 2.79 bits per heavy atom. The van der Waals surface area contributed by atoms with Crippen LogP contribution in [0.25, 0.3) is 0 Å². The van der Waals surface area contributed by atoms with Crippen LogP contribution in [0.5, 0.6) is 0 Å². The molecule has 28 heavy (non-hydrogen) atoms. The van der Waals surface area contributed by atoms with E-state index in [-0.39, 0.29) is 29.6 Å². The molecule has 150 valence electrons. The largest absolute Gasteiger partial charge is 0.416 e. The van der Waals surface area contributed by atoms with Gasteiger partial charge in [0, 0.05) is 43.0 Å². The van der Waals surface area contributed by atoms with E-state index in [1.54, 1.807) is 21.8 Å². The van der Waals surface area contributed by atoms with Gasteiger partial charge in [-0.1, -0.05) is 18.2 Å². The van der Waals surface area contributed by atoms with E-state index in [0.717, 1.165) is 12.1 Å². The Balaban J connectivity index is 1.72. The van der Waals surface area contributed by atoms with Gasteiger partial charge >= 0.3 is 6.18 Å². The lowest BCUT2D eigenvalue weighted by Gasteiger charge is -2.19. The predicted octanol–water partition coefficient (Wildman–Crippen LogP) is 3.79. The number of aromatic nitrogens is 2. The van der Waals surface area contributed by atoms with Crippen LogP contribution in [-0.4, -0.2) is 39.8 Å². The molecule has 2 atom stereocenters. The van der Waals surface area contributed by atoms with Gasteiger partial charge in [0.05, 0.1) is 18.3 Å². The molecule has 0 saturated carbocycles. The van der Waals surface area contributed by atoms with Crippen molar-refractivity contribution in [3.8, 4) is 0 Å². The van der Waals surface area contributed by atoms with Crippen LogP contribution >= 0.6 is 11.6 Å². The Kier molecular flexibility index (Phi) is 6.10. The van der Waals surface area contributed by atoms with Gasteiger partial charge in [0.2, 0.25) is 5.91 Å². The molecule has 0 unspecified atom stereocenters. The molecule has 0 N–H and O–H groups in total. The second-order valence-corrected chi connectivity index (χ2v) is 7.07. The quantitative estimate of drug-likeness (QED) is 0.677. The first-order valence-electron chi connectivity index (χ1n) is 8.63. The van der Waals surface area contributed by atoms with Crippen LogP contribution in [0.3, 0.4) is 0 Å². The van der Waals surface area contributed by atoms with Crippen LogP contribution in [0.15, 0.2) is 49.3 Å². The average molecular weight is 414 g/mol. The molecule has 1 saturated heterocycles. The Morgan fingerprint density at radius 2 is 2.14 bits per heavy atom. The van der Waals surface area contributed by atoms with Gasteiger partial charge in [-0.15, -0.1) is 0 Å². The summed E-state index contributed by atoms with van der Waals surface area (Å²) in [6, 6.07) is 5.14. The maximum absolute atomic E-state index is 13.0. The van der Waals surface area contributed by atoms with Gasteiger partial charge in [-0.3, -0.25) is 9.48 Å². The van der Waals surface area contributed by atoms with Crippen molar-refractivity contribution in [3.05, 3.63) is 65.5 Å². The second kappa shape index (κ2) is 8.36.